The monoisotopic (exact) mass is 476 g/mol. The highest BCUT2D eigenvalue weighted by atomic mass is 35.5. The lowest BCUT2D eigenvalue weighted by molar-refractivity contribution is 0.278. The van der Waals surface area contributed by atoms with E-state index in [2.05, 4.69) is 10.5 Å². The molecule has 0 spiro atoms. The second-order valence-corrected chi connectivity index (χ2v) is 10.4. The van der Waals surface area contributed by atoms with Gasteiger partial charge in [-0.2, -0.15) is 4.62 Å². The maximum atomic E-state index is 14.0. The van der Waals surface area contributed by atoms with Crippen LogP contribution in [0.3, 0.4) is 0 Å². The molecular formula is C20H27Cl2N2O5P. The molecule has 2 aromatic rings. The maximum Gasteiger partial charge on any atom is 0.403 e. The van der Waals surface area contributed by atoms with Gasteiger partial charge in [0.05, 0.1) is 17.8 Å². The van der Waals surface area contributed by atoms with Crippen LogP contribution >= 0.6 is 30.8 Å². The Bertz CT molecular complexity index is 932. The molecule has 1 unspecified atom stereocenters. The number of phenolic OH excluding ortho intramolecular Hbond substituents is 1. The van der Waals surface area contributed by atoms with E-state index < -0.39 is 13.3 Å². The minimum Gasteiger partial charge on any atom is -0.504 e. The van der Waals surface area contributed by atoms with Crippen molar-refractivity contribution in [1.82, 2.24) is 4.98 Å². The number of pyridine rings is 1. The van der Waals surface area contributed by atoms with Crippen molar-refractivity contribution in [3.05, 3.63) is 40.0 Å². The van der Waals surface area contributed by atoms with Gasteiger partial charge in [-0.15, -0.1) is 0 Å². The number of aromatic nitrogens is 1. The quantitative estimate of drug-likeness (QED) is 0.307. The Morgan fingerprint density at radius 1 is 1.17 bits per heavy atom. The number of hydrogen-bond acceptors (Lipinski definition) is 7. The highest BCUT2D eigenvalue weighted by molar-refractivity contribution is 7.55. The molecule has 7 nitrogen and oxygen atoms in total. The van der Waals surface area contributed by atoms with Crippen LogP contribution in [0.5, 0.6) is 17.2 Å². The van der Waals surface area contributed by atoms with Gasteiger partial charge in [0, 0.05) is 12.3 Å². The lowest BCUT2D eigenvalue weighted by Gasteiger charge is -2.32. The summed E-state index contributed by atoms with van der Waals surface area (Å²) < 4.78 is 30.8. The molecule has 1 heterocycles. The molecule has 10 heteroatoms. The van der Waals surface area contributed by atoms with Crippen LogP contribution in [0.2, 0.25) is 10.0 Å². The summed E-state index contributed by atoms with van der Waals surface area (Å²) in [6.45, 7) is 9.45. The van der Waals surface area contributed by atoms with E-state index >= 15 is 0 Å². The van der Waals surface area contributed by atoms with Crippen LogP contribution in [0.4, 0.5) is 5.82 Å². The fraction of sp³-hybridized carbons (Fsp3) is 0.450. The van der Waals surface area contributed by atoms with Gasteiger partial charge in [0.2, 0.25) is 0 Å². The number of methoxy groups -OCH3 is 1. The number of aromatic hydroxyl groups is 1. The third kappa shape index (κ3) is 5.52. The molecule has 0 saturated heterocycles. The molecule has 0 bridgehead atoms. The zero-order chi connectivity index (χ0) is 22.6. The molecule has 0 aliphatic rings. The molecule has 0 aliphatic carbocycles. The average Bonchev–Trinajstić information content (AvgIpc) is 2.65. The minimum absolute atomic E-state index is 0.0158. The zero-order valence-corrected chi connectivity index (χ0v) is 20.2. The Morgan fingerprint density at radius 3 is 2.37 bits per heavy atom. The third-order valence-electron chi connectivity index (χ3n) is 4.53. The van der Waals surface area contributed by atoms with Crippen molar-refractivity contribution in [2.45, 2.75) is 40.3 Å². The fourth-order valence-electron chi connectivity index (χ4n) is 3.31. The van der Waals surface area contributed by atoms with E-state index in [1.165, 1.54) is 25.4 Å². The molecule has 2 rings (SSSR count). The molecule has 2 N–H and O–H groups in total. The molecule has 0 radical (unpaired) electrons. The normalized spacial score (nSPS) is 13.6. The molecule has 166 valence electrons. The number of rotatable bonds is 9. The van der Waals surface area contributed by atoms with Crippen molar-refractivity contribution >= 4 is 36.6 Å². The second-order valence-electron chi connectivity index (χ2n) is 7.55. The molecule has 1 aromatic carbocycles. The highest BCUT2D eigenvalue weighted by Gasteiger charge is 2.43. The predicted octanol–water partition coefficient (Wildman–Crippen LogP) is 6.71. The van der Waals surface area contributed by atoms with Crippen molar-refractivity contribution in [2.75, 3.05) is 12.6 Å². The number of phenols is 1. The van der Waals surface area contributed by atoms with E-state index in [0.717, 1.165) is 0 Å². The zero-order valence-electron chi connectivity index (χ0n) is 17.8. The van der Waals surface area contributed by atoms with E-state index in [0.29, 0.717) is 5.56 Å². The molecule has 1 aromatic heterocycles. The Kier molecular flexibility index (Phi) is 8.28. The van der Waals surface area contributed by atoms with Crippen molar-refractivity contribution in [1.29, 1.82) is 0 Å². The van der Waals surface area contributed by atoms with Gasteiger partial charge in [-0.1, -0.05) is 50.9 Å². The first kappa shape index (κ1) is 24.6. The first-order valence-electron chi connectivity index (χ1n) is 9.41. The van der Waals surface area contributed by atoms with Gasteiger partial charge in [0.1, 0.15) is 10.8 Å². The van der Waals surface area contributed by atoms with Gasteiger partial charge in [-0.25, -0.2) is 15.0 Å². The number of benzene rings is 1. The molecule has 1 atom stereocenters. The predicted molar refractivity (Wildman–Crippen MR) is 120 cm³/mol. The van der Waals surface area contributed by atoms with E-state index in [1.54, 1.807) is 13.0 Å². The Labute approximate surface area is 187 Å². The summed E-state index contributed by atoms with van der Waals surface area (Å²) in [5, 5.41) is 10.5. The number of nitrogens with one attached hydrogen (secondary N) is 1. The van der Waals surface area contributed by atoms with Gasteiger partial charge in [-0.05, 0) is 36.5 Å². The van der Waals surface area contributed by atoms with Crippen LogP contribution in [0.15, 0.2) is 24.4 Å². The standard InChI is InChI=1S/C20H27Cl2N2O5P/c1-11(2)19(12(3)4)30(26,29-24-20-17(22)15(21)7-8-23-20)28-14-9-13(5)18(25)16(10-14)27-6/h7-12,19,25H,1-6H3,(H,23,24). The Morgan fingerprint density at radius 2 is 1.80 bits per heavy atom. The van der Waals surface area contributed by atoms with Crippen LogP contribution in [0.25, 0.3) is 0 Å². The van der Waals surface area contributed by atoms with Gasteiger partial charge in [-0.3, -0.25) is 0 Å². The van der Waals surface area contributed by atoms with Gasteiger partial charge < -0.3 is 14.4 Å². The van der Waals surface area contributed by atoms with E-state index in [-0.39, 0.29) is 44.9 Å². The number of anilines is 1. The van der Waals surface area contributed by atoms with E-state index in [4.69, 9.17) is 37.1 Å². The Hall–Kier alpha value is -1.66. The number of hydrogen-bond donors (Lipinski definition) is 2. The van der Waals surface area contributed by atoms with Crippen molar-refractivity contribution in [3.63, 3.8) is 0 Å². The van der Waals surface area contributed by atoms with Crippen LogP contribution in [0.1, 0.15) is 33.3 Å². The lowest BCUT2D eigenvalue weighted by Crippen LogP contribution is -2.27. The van der Waals surface area contributed by atoms with Gasteiger partial charge in [0.15, 0.2) is 17.3 Å². The summed E-state index contributed by atoms with van der Waals surface area (Å²) in [6, 6.07) is 4.55. The maximum absolute atomic E-state index is 14.0. The summed E-state index contributed by atoms with van der Waals surface area (Å²) in [4.78, 5) is 4.07. The summed E-state index contributed by atoms with van der Waals surface area (Å²) in [7, 11) is -2.40. The molecule has 0 saturated carbocycles. The smallest absolute Gasteiger partial charge is 0.403 e. The number of nitrogens with zero attached hydrogens (tertiary/aromatic N) is 1. The van der Waals surface area contributed by atoms with Gasteiger partial charge >= 0.3 is 7.60 Å². The SMILES string of the molecule is COc1cc(OP(=O)(ONc2nccc(Cl)c2Cl)C(C(C)C)C(C)C)cc(C)c1O. The Balaban J connectivity index is 2.45. The van der Waals surface area contributed by atoms with Crippen LogP contribution in [-0.4, -0.2) is 22.9 Å². The largest absolute Gasteiger partial charge is 0.504 e. The number of ether oxygens (including phenoxy) is 1. The summed E-state index contributed by atoms with van der Waals surface area (Å²) in [6.07, 6.45) is 1.45. The number of aryl methyl sites for hydroxylation is 1. The van der Waals surface area contributed by atoms with Crippen molar-refractivity contribution in [2.24, 2.45) is 11.8 Å². The highest BCUT2D eigenvalue weighted by Crippen LogP contribution is 2.58. The number of halogens is 2. The van der Waals surface area contributed by atoms with Crippen molar-refractivity contribution in [3.8, 4) is 17.2 Å². The fourth-order valence-corrected chi connectivity index (χ4v) is 5.96. The summed E-state index contributed by atoms with van der Waals surface area (Å²) in [5.41, 5.74) is 2.62. The van der Waals surface area contributed by atoms with E-state index in [9.17, 15) is 9.67 Å². The topological polar surface area (TPSA) is 89.9 Å². The van der Waals surface area contributed by atoms with Crippen molar-refractivity contribution < 1.29 is 23.6 Å². The van der Waals surface area contributed by atoms with Crippen LogP contribution in [-0.2, 0) is 9.19 Å². The average molecular weight is 477 g/mol. The molecule has 0 aliphatic heterocycles. The van der Waals surface area contributed by atoms with Crippen LogP contribution < -0.4 is 14.7 Å². The van der Waals surface area contributed by atoms with Crippen LogP contribution in [0, 0.1) is 18.8 Å². The minimum atomic E-state index is -3.82. The van der Waals surface area contributed by atoms with E-state index in [1.807, 2.05) is 27.7 Å². The second kappa shape index (κ2) is 10.1. The first-order chi connectivity index (χ1) is 14.0. The summed E-state index contributed by atoms with van der Waals surface area (Å²) >= 11 is 12.2. The molecule has 0 fully saturated rings. The van der Waals surface area contributed by atoms with Gasteiger partial charge in [0.25, 0.3) is 0 Å². The third-order valence-corrected chi connectivity index (χ3v) is 8.06. The first-order valence-corrected chi connectivity index (χ1v) is 11.8. The summed E-state index contributed by atoms with van der Waals surface area (Å²) in [5.74, 6) is 0.496. The molecular weight excluding hydrogens is 450 g/mol. The lowest BCUT2D eigenvalue weighted by atomic mass is 10.00. The molecule has 0 amide bonds. The molecule has 30 heavy (non-hydrogen) atoms.